The van der Waals surface area contributed by atoms with E-state index in [4.69, 9.17) is 15.1 Å². The highest BCUT2D eigenvalue weighted by atomic mass is 19.4. The van der Waals surface area contributed by atoms with Crippen LogP contribution in [0.3, 0.4) is 0 Å². The van der Waals surface area contributed by atoms with Crippen molar-refractivity contribution in [2.75, 3.05) is 0 Å². The van der Waals surface area contributed by atoms with Crippen LogP contribution in [0.4, 0.5) is 26.3 Å². The molecule has 3 nitrogen and oxygen atoms in total. The molecule has 192 valence electrons. The molecular formula is C27H26F6NO2+. The summed E-state index contributed by atoms with van der Waals surface area (Å²) in [4.78, 5) is 0. The molecule has 0 radical (unpaired) electrons. The van der Waals surface area contributed by atoms with E-state index in [0.717, 1.165) is 24.3 Å². The molecule has 0 aliphatic heterocycles. The fourth-order valence-electron chi connectivity index (χ4n) is 3.25. The Bertz CT molecular complexity index is 1170. The maximum Gasteiger partial charge on any atom is 0.411 e. The molecule has 3 aromatic carbocycles. The number of nitrogens with zero attached hydrogens (tertiary/aromatic N) is 1. The van der Waals surface area contributed by atoms with Crippen LogP contribution in [0.2, 0.25) is 0 Å². The van der Waals surface area contributed by atoms with Gasteiger partial charge in [-0.3, -0.25) is 0 Å². The van der Waals surface area contributed by atoms with Crippen molar-refractivity contribution in [3.8, 4) is 23.3 Å². The summed E-state index contributed by atoms with van der Waals surface area (Å²) < 4.78 is 89.8. The van der Waals surface area contributed by atoms with Crippen LogP contribution in [0, 0.1) is 16.7 Å². The average Bonchev–Trinajstić information content (AvgIpc) is 2.74. The quantitative estimate of drug-likeness (QED) is 0.262. The van der Waals surface area contributed by atoms with Crippen molar-refractivity contribution in [2.24, 2.45) is 5.41 Å². The third kappa shape index (κ3) is 6.51. The monoisotopic (exact) mass is 510 g/mol. The predicted molar refractivity (Wildman–Crippen MR) is 125 cm³/mol. The Labute approximate surface area is 205 Å². The molecule has 3 rings (SSSR count). The van der Waals surface area contributed by atoms with Crippen molar-refractivity contribution in [1.29, 1.82) is 5.26 Å². The Morgan fingerprint density at radius 2 is 1.11 bits per heavy atom. The van der Waals surface area contributed by atoms with Crippen LogP contribution in [-0.2, 0) is 5.41 Å². The first-order valence-electron chi connectivity index (χ1n) is 10.7. The standard InChI is InChI=1S/C22H13F6NO2.C5H12/c23-21(24,25)20(22(26,27)28,15-5-9-17(30)10-6-15)16-7-11-18(12-8-16)31-19-4-2-1-3-14(19)13-29;1-5(2,3)4/h1-12,30H;1-4H3/p+1. The van der Waals surface area contributed by atoms with Crippen molar-refractivity contribution in [2.45, 2.75) is 45.5 Å². The second-order valence-electron chi connectivity index (χ2n) is 9.56. The van der Waals surface area contributed by atoms with Gasteiger partial charge in [-0.15, -0.1) is 0 Å². The van der Waals surface area contributed by atoms with Gasteiger partial charge in [0.15, 0.2) is 0 Å². The van der Waals surface area contributed by atoms with Gasteiger partial charge in [0.2, 0.25) is 5.41 Å². The van der Waals surface area contributed by atoms with Gasteiger partial charge in [-0.1, -0.05) is 52.0 Å². The van der Waals surface area contributed by atoms with Crippen LogP contribution < -0.4 is 4.74 Å². The minimum Gasteiger partial charge on any atom is -0.593 e. The van der Waals surface area contributed by atoms with Crippen LogP contribution in [0.25, 0.3) is 0 Å². The lowest BCUT2D eigenvalue weighted by Gasteiger charge is -2.38. The first-order valence-corrected chi connectivity index (χ1v) is 10.7. The zero-order valence-corrected chi connectivity index (χ0v) is 20.1. The molecule has 0 fully saturated rings. The van der Waals surface area contributed by atoms with E-state index in [0.29, 0.717) is 29.7 Å². The molecule has 0 aliphatic rings. The second kappa shape index (κ2) is 10.5. The number of benzene rings is 3. The van der Waals surface area contributed by atoms with Crippen LogP contribution in [-0.4, -0.2) is 17.5 Å². The maximum atomic E-state index is 14.1. The molecule has 0 bridgehead atoms. The summed E-state index contributed by atoms with van der Waals surface area (Å²) in [6.07, 6.45) is -11.4. The number of nitriles is 1. The van der Waals surface area contributed by atoms with Gasteiger partial charge in [0.05, 0.1) is 5.56 Å². The van der Waals surface area contributed by atoms with E-state index in [1.165, 1.54) is 12.1 Å². The van der Waals surface area contributed by atoms with Crippen LogP contribution in [0.5, 0.6) is 17.2 Å². The summed E-state index contributed by atoms with van der Waals surface area (Å²) >= 11 is 0. The fraction of sp³-hybridized carbons (Fsp3) is 0.296. The van der Waals surface area contributed by atoms with Crippen molar-refractivity contribution in [3.05, 3.63) is 89.5 Å². The smallest absolute Gasteiger partial charge is 0.411 e. The summed E-state index contributed by atoms with van der Waals surface area (Å²) in [5.74, 6) is -0.144. The van der Waals surface area contributed by atoms with Crippen LogP contribution in [0.1, 0.15) is 44.4 Å². The van der Waals surface area contributed by atoms with Gasteiger partial charge >= 0.3 is 12.4 Å². The number of hydrogen-bond acceptors (Lipinski definition) is 2. The van der Waals surface area contributed by atoms with E-state index in [1.807, 2.05) is 6.07 Å². The third-order valence-corrected chi connectivity index (χ3v) is 4.69. The molecule has 0 saturated heterocycles. The molecule has 0 aliphatic carbocycles. The van der Waals surface area contributed by atoms with Crippen LogP contribution in [0.15, 0.2) is 72.8 Å². The molecule has 9 heteroatoms. The van der Waals surface area contributed by atoms with E-state index >= 15 is 0 Å². The molecule has 2 N–H and O–H groups in total. The SMILES string of the molecule is CC(C)(C)C.N#Cc1ccccc1Oc1ccc(C(c2ccc([OH2+])cc2)(C(F)(F)F)C(F)(F)F)cc1. The van der Waals surface area contributed by atoms with Gasteiger partial charge in [-0.2, -0.15) is 31.6 Å². The molecule has 0 spiro atoms. The Hall–Kier alpha value is -3.67. The van der Waals surface area contributed by atoms with Gasteiger partial charge in [0, 0.05) is 12.1 Å². The summed E-state index contributed by atoms with van der Waals surface area (Å²) in [6.45, 7) is 8.75. The van der Waals surface area contributed by atoms with E-state index in [1.54, 1.807) is 12.1 Å². The Morgan fingerprint density at radius 1 is 0.694 bits per heavy atom. The minimum atomic E-state index is -5.72. The Kier molecular flexibility index (Phi) is 8.35. The molecule has 0 saturated carbocycles. The number of halogens is 6. The summed E-state index contributed by atoms with van der Waals surface area (Å²) in [5.41, 5.74) is -5.74. The van der Waals surface area contributed by atoms with Gasteiger partial charge in [0.1, 0.15) is 17.6 Å². The highest BCUT2D eigenvalue weighted by Gasteiger charge is 2.72. The van der Waals surface area contributed by atoms with Gasteiger partial charge in [0.25, 0.3) is 5.75 Å². The lowest BCUT2D eigenvalue weighted by Crippen LogP contribution is -2.54. The highest BCUT2D eigenvalue weighted by molar-refractivity contribution is 5.49. The molecular weight excluding hydrogens is 484 g/mol. The zero-order chi connectivity index (χ0) is 27.4. The van der Waals surface area contributed by atoms with E-state index in [9.17, 15) is 26.3 Å². The molecule has 0 unspecified atom stereocenters. The summed E-state index contributed by atoms with van der Waals surface area (Å²) in [6, 6.07) is 14.3. The third-order valence-electron chi connectivity index (χ3n) is 4.69. The fourth-order valence-corrected chi connectivity index (χ4v) is 3.25. The van der Waals surface area contributed by atoms with E-state index < -0.39 is 28.9 Å². The van der Waals surface area contributed by atoms with E-state index in [2.05, 4.69) is 27.7 Å². The topological polar surface area (TPSA) is 55.9 Å². The van der Waals surface area contributed by atoms with Gasteiger partial charge in [-0.05, 0) is 52.9 Å². The number of rotatable bonds is 4. The molecule has 3 aromatic rings. The summed E-state index contributed by atoms with van der Waals surface area (Å²) in [5, 5.41) is 16.5. The molecule has 0 atom stereocenters. The van der Waals surface area contributed by atoms with Crippen LogP contribution >= 0.6 is 0 Å². The predicted octanol–water partition coefficient (Wildman–Crippen LogP) is 8.25. The minimum absolute atomic E-state index is 0.0359. The van der Waals surface area contributed by atoms with Crippen molar-refractivity contribution in [1.82, 2.24) is 0 Å². The van der Waals surface area contributed by atoms with E-state index in [-0.39, 0.29) is 22.8 Å². The maximum absolute atomic E-state index is 14.1. The van der Waals surface area contributed by atoms with Crippen molar-refractivity contribution < 1.29 is 36.2 Å². The molecule has 0 amide bonds. The lowest BCUT2D eigenvalue weighted by molar-refractivity contribution is -0.288. The summed E-state index contributed by atoms with van der Waals surface area (Å²) in [7, 11) is 0. The number of hydrogen-bond donors (Lipinski definition) is 0. The largest absolute Gasteiger partial charge is 0.593 e. The van der Waals surface area contributed by atoms with Crippen molar-refractivity contribution in [3.63, 3.8) is 0 Å². The first kappa shape index (κ1) is 28.6. The van der Waals surface area contributed by atoms with Gasteiger partial charge in [-0.25, -0.2) is 0 Å². The first-order chi connectivity index (χ1) is 16.5. The Morgan fingerprint density at radius 3 is 1.53 bits per heavy atom. The molecule has 0 aromatic heterocycles. The highest BCUT2D eigenvalue weighted by Crippen LogP contribution is 2.56. The zero-order valence-electron chi connectivity index (χ0n) is 20.1. The number of para-hydroxylation sites is 1. The number of ether oxygens (including phenoxy) is 1. The molecule has 0 heterocycles. The second-order valence-corrected chi connectivity index (χ2v) is 9.56. The average molecular weight is 510 g/mol. The van der Waals surface area contributed by atoms with Crippen molar-refractivity contribution >= 4 is 0 Å². The Balaban J connectivity index is 0.000000830. The lowest BCUT2D eigenvalue weighted by atomic mass is 9.73. The molecule has 36 heavy (non-hydrogen) atoms. The normalized spacial score (nSPS) is 12.2. The van der Waals surface area contributed by atoms with Gasteiger partial charge < -0.3 is 9.84 Å². The number of alkyl halides is 6.